The minimum atomic E-state index is -0.0699. The van der Waals surface area contributed by atoms with E-state index in [-0.39, 0.29) is 11.8 Å². The van der Waals surface area contributed by atoms with Crippen LogP contribution in [0, 0.1) is 19.8 Å². The minimum absolute atomic E-state index is 0.0631. The van der Waals surface area contributed by atoms with Crippen molar-refractivity contribution in [2.75, 3.05) is 18.0 Å². The summed E-state index contributed by atoms with van der Waals surface area (Å²) in [6, 6.07) is 9.66. The molecule has 0 aliphatic carbocycles. The molecular formula is C21H25N7O. The molecule has 1 saturated heterocycles. The summed E-state index contributed by atoms with van der Waals surface area (Å²) in [5.74, 6) is 1.56. The van der Waals surface area contributed by atoms with E-state index >= 15 is 0 Å². The van der Waals surface area contributed by atoms with Gasteiger partial charge in [0.15, 0.2) is 5.82 Å². The molecule has 3 aromatic heterocycles. The number of piperidine rings is 1. The van der Waals surface area contributed by atoms with Gasteiger partial charge in [0, 0.05) is 31.0 Å². The first kappa shape index (κ1) is 19.0. The third-order valence-corrected chi connectivity index (χ3v) is 5.15. The highest BCUT2D eigenvalue weighted by Gasteiger charge is 2.26. The Bertz CT molecular complexity index is 986. The van der Waals surface area contributed by atoms with Crippen LogP contribution in [-0.2, 0) is 11.3 Å². The van der Waals surface area contributed by atoms with E-state index in [1.807, 2.05) is 48.9 Å². The molecule has 4 heterocycles. The van der Waals surface area contributed by atoms with E-state index in [2.05, 4.69) is 30.3 Å². The molecule has 1 unspecified atom stereocenters. The van der Waals surface area contributed by atoms with Gasteiger partial charge in [0.2, 0.25) is 5.91 Å². The lowest BCUT2D eigenvalue weighted by molar-refractivity contribution is -0.125. The molecule has 4 rings (SSSR count). The predicted octanol–water partition coefficient (Wildman–Crippen LogP) is 2.21. The predicted molar refractivity (Wildman–Crippen MR) is 110 cm³/mol. The maximum Gasteiger partial charge on any atom is 0.225 e. The maximum atomic E-state index is 12.7. The average molecular weight is 391 g/mol. The second kappa shape index (κ2) is 8.38. The van der Waals surface area contributed by atoms with E-state index < -0.39 is 0 Å². The van der Waals surface area contributed by atoms with E-state index in [1.165, 1.54) is 0 Å². The van der Waals surface area contributed by atoms with Crippen molar-refractivity contribution in [3.63, 3.8) is 0 Å². The number of amides is 1. The Labute approximate surface area is 170 Å². The van der Waals surface area contributed by atoms with Gasteiger partial charge in [-0.1, -0.05) is 6.07 Å². The maximum absolute atomic E-state index is 12.7. The van der Waals surface area contributed by atoms with Crippen molar-refractivity contribution in [1.82, 2.24) is 30.0 Å². The highest BCUT2D eigenvalue weighted by Crippen LogP contribution is 2.23. The zero-order chi connectivity index (χ0) is 20.2. The van der Waals surface area contributed by atoms with E-state index in [0.717, 1.165) is 48.1 Å². The summed E-state index contributed by atoms with van der Waals surface area (Å²) in [4.78, 5) is 27.9. The summed E-state index contributed by atoms with van der Waals surface area (Å²) >= 11 is 0. The number of aryl methyl sites for hydroxylation is 2. The van der Waals surface area contributed by atoms with Crippen LogP contribution in [0.3, 0.4) is 0 Å². The Morgan fingerprint density at radius 2 is 2.03 bits per heavy atom. The Morgan fingerprint density at radius 3 is 2.79 bits per heavy atom. The minimum Gasteiger partial charge on any atom is -0.356 e. The number of nitrogens with one attached hydrogen (secondary N) is 1. The lowest BCUT2D eigenvalue weighted by Gasteiger charge is -2.32. The van der Waals surface area contributed by atoms with Crippen LogP contribution in [0.15, 0.2) is 42.9 Å². The molecule has 1 amide bonds. The zero-order valence-corrected chi connectivity index (χ0v) is 16.7. The van der Waals surface area contributed by atoms with Crippen LogP contribution in [0.1, 0.15) is 29.9 Å². The van der Waals surface area contributed by atoms with Gasteiger partial charge in [-0.25, -0.2) is 14.6 Å². The standard InChI is InChI=1S/C21H25N7O/c1-15-10-16(2)28(26-15)20-11-19(24-14-25-20)27-9-5-6-17(13-27)21(29)23-12-18-7-3-4-8-22-18/h3-4,7-8,10-11,14,17H,5-6,9,12-13H2,1-2H3,(H,23,29). The van der Waals surface area contributed by atoms with Crippen molar-refractivity contribution >= 4 is 11.7 Å². The van der Waals surface area contributed by atoms with Gasteiger partial charge in [0.1, 0.15) is 12.1 Å². The van der Waals surface area contributed by atoms with Crippen molar-refractivity contribution in [3.8, 4) is 5.82 Å². The lowest BCUT2D eigenvalue weighted by Crippen LogP contribution is -2.43. The summed E-state index contributed by atoms with van der Waals surface area (Å²) in [6.07, 6.45) is 5.12. The molecule has 1 fully saturated rings. The smallest absolute Gasteiger partial charge is 0.225 e. The first-order chi connectivity index (χ1) is 14.1. The van der Waals surface area contributed by atoms with Crippen molar-refractivity contribution in [2.24, 2.45) is 5.92 Å². The van der Waals surface area contributed by atoms with Crippen LogP contribution in [-0.4, -0.2) is 43.7 Å². The second-order valence-electron chi connectivity index (χ2n) is 7.40. The highest BCUT2D eigenvalue weighted by molar-refractivity contribution is 5.79. The molecule has 8 heteroatoms. The van der Waals surface area contributed by atoms with Crippen LogP contribution >= 0.6 is 0 Å². The molecule has 1 N–H and O–H groups in total. The third kappa shape index (κ3) is 4.42. The molecule has 0 spiro atoms. The quantitative estimate of drug-likeness (QED) is 0.717. The van der Waals surface area contributed by atoms with Gasteiger partial charge in [0.25, 0.3) is 0 Å². The molecule has 1 aliphatic heterocycles. The van der Waals surface area contributed by atoms with Gasteiger partial charge < -0.3 is 10.2 Å². The van der Waals surface area contributed by atoms with Crippen LogP contribution in [0.2, 0.25) is 0 Å². The largest absolute Gasteiger partial charge is 0.356 e. The Hall–Kier alpha value is -3.29. The molecule has 3 aromatic rings. The number of hydrogen-bond donors (Lipinski definition) is 1. The SMILES string of the molecule is Cc1cc(C)n(-c2cc(N3CCCC(C(=O)NCc4ccccn4)C3)ncn2)n1. The number of carbonyl (C=O) groups is 1. The van der Waals surface area contributed by atoms with E-state index in [9.17, 15) is 4.79 Å². The molecule has 0 bridgehead atoms. The average Bonchev–Trinajstić information content (AvgIpc) is 3.11. The molecule has 29 heavy (non-hydrogen) atoms. The Balaban J connectivity index is 1.43. The monoisotopic (exact) mass is 391 g/mol. The number of nitrogens with zero attached hydrogens (tertiary/aromatic N) is 6. The molecular weight excluding hydrogens is 366 g/mol. The summed E-state index contributed by atoms with van der Waals surface area (Å²) in [5, 5.41) is 7.51. The highest BCUT2D eigenvalue weighted by atomic mass is 16.1. The van der Waals surface area contributed by atoms with Gasteiger partial charge in [-0.2, -0.15) is 5.10 Å². The number of carbonyl (C=O) groups excluding carboxylic acids is 1. The van der Waals surface area contributed by atoms with E-state index in [1.54, 1.807) is 12.5 Å². The van der Waals surface area contributed by atoms with Gasteiger partial charge in [-0.05, 0) is 44.9 Å². The van der Waals surface area contributed by atoms with Gasteiger partial charge in [-0.15, -0.1) is 0 Å². The third-order valence-electron chi connectivity index (χ3n) is 5.15. The first-order valence-electron chi connectivity index (χ1n) is 9.88. The summed E-state index contributed by atoms with van der Waals surface area (Å²) in [7, 11) is 0. The van der Waals surface area contributed by atoms with E-state index in [4.69, 9.17) is 0 Å². The normalized spacial score (nSPS) is 16.6. The molecule has 0 aromatic carbocycles. The molecule has 0 radical (unpaired) electrons. The fourth-order valence-corrected chi connectivity index (χ4v) is 3.71. The van der Waals surface area contributed by atoms with Gasteiger partial charge in [-0.3, -0.25) is 9.78 Å². The number of hydrogen-bond acceptors (Lipinski definition) is 6. The van der Waals surface area contributed by atoms with Gasteiger partial charge >= 0.3 is 0 Å². The first-order valence-corrected chi connectivity index (χ1v) is 9.88. The topological polar surface area (TPSA) is 88.8 Å². The van der Waals surface area contributed by atoms with Crippen molar-refractivity contribution in [2.45, 2.75) is 33.2 Å². The number of anilines is 1. The van der Waals surface area contributed by atoms with Crippen LogP contribution in [0.4, 0.5) is 5.82 Å². The zero-order valence-electron chi connectivity index (χ0n) is 16.7. The van der Waals surface area contributed by atoms with Crippen LogP contribution in [0.5, 0.6) is 0 Å². The molecule has 0 saturated carbocycles. The fourth-order valence-electron chi connectivity index (χ4n) is 3.71. The van der Waals surface area contributed by atoms with Crippen molar-refractivity contribution < 1.29 is 4.79 Å². The fraction of sp³-hybridized carbons (Fsp3) is 0.381. The molecule has 8 nitrogen and oxygen atoms in total. The molecule has 1 aliphatic rings. The van der Waals surface area contributed by atoms with Crippen molar-refractivity contribution in [3.05, 3.63) is 59.9 Å². The van der Waals surface area contributed by atoms with Crippen LogP contribution in [0.25, 0.3) is 5.82 Å². The number of aromatic nitrogens is 5. The molecule has 150 valence electrons. The number of pyridine rings is 1. The molecule has 1 atom stereocenters. The Morgan fingerprint density at radius 1 is 1.17 bits per heavy atom. The summed E-state index contributed by atoms with van der Waals surface area (Å²) < 4.78 is 1.82. The van der Waals surface area contributed by atoms with Crippen molar-refractivity contribution in [1.29, 1.82) is 0 Å². The second-order valence-corrected chi connectivity index (χ2v) is 7.40. The lowest BCUT2D eigenvalue weighted by atomic mass is 9.97. The van der Waals surface area contributed by atoms with Crippen LogP contribution < -0.4 is 10.2 Å². The van der Waals surface area contributed by atoms with Gasteiger partial charge in [0.05, 0.1) is 23.9 Å². The number of rotatable bonds is 5. The Kier molecular flexibility index (Phi) is 5.50. The summed E-state index contributed by atoms with van der Waals surface area (Å²) in [5.41, 5.74) is 2.83. The van der Waals surface area contributed by atoms with E-state index in [0.29, 0.717) is 13.1 Å². The summed E-state index contributed by atoms with van der Waals surface area (Å²) in [6.45, 7) is 5.93.